The van der Waals surface area contributed by atoms with E-state index in [1.165, 1.54) is 11.1 Å². The third-order valence-electron chi connectivity index (χ3n) is 7.14. The molecule has 1 fully saturated rings. The lowest BCUT2D eigenvalue weighted by atomic mass is 9.96. The molecule has 8 nitrogen and oxygen atoms in total. The molecule has 0 spiro atoms. The second-order valence-corrected chi connectivity index (χ2v) is 9.93. The van der Waals surface area contributed by atoms with Gasteiger partial charge < -0.3 is 14.4 Å². The first kappa shape index (κ1) is 27.3. The van der Waals surface area contributed by atoms with Gasteiger partial charge in [-0.3, -0.25) is 9.69 Å². The van der Waals surface area contributed by atoms with E-state index in [0.29, 0.717) is 35.6 Å². The van der Waals surface area contributed by atoms with Crippen LogP contribution >= 0.6 is 0 Å². The Morgan fingerprint density at radius 2 is 1.43 bits per heavy atom. The first-order chi connectivity index (χ1) is 19.6. The summed E-state index contributed by atoms with van der Waals surface area (Å²) in [5.41, 5.74) is 4.16. The summed E-state index contributed by atoms with van der Waals surface area (Å²) in [5, 5.41) is 10.1. The SMILES string of the molecule is COC[C@@H](C)OC(=O)[C@@H](C#N)c1nc2ccccc2nc1N1CCN(C(c2ccccc2)c2ccccc2)CC1. The second-order valence-electron chi connectivity index (χ2n) is 9.93. The van der Waals surface area contributed by atoms with Gasteiger partial charge in [-0.15, -0.1) is 0 Å². The number of piperazine rings is 1. The molecule has 204 valence electrons. The first-order valence-electron chi connectivity index (χ1n) is 13.5. The molecule has 0 aliphatic carbocycles. The summed E-state index contributed by atoms with van der Waals surface area (Å²) in [4.78, 5) is 27.4. The van der Waals surface area contributed by atoms with Crippen LogP contribution in [0.3, 0.4) is 0 Å². The minimum Gasteiger partial charge on any atom is -0.459 e. The number of fused-ring (bicyclic) bond motifs is 1. The second kappa shape index (κ2) is 12.7. The van der Waals surface area contributed by atoms with Crippen LogP contribution in [0.5, 0.6) is 0 Å². The number of nitrogens with zero attached hydrogens (tertiary/aromatic N) is 5. The van der Waals surface area contributed by atoms with Gasteiger partial charge >= 0.3 is 5.97 Å². The molecule has 0 saturated carbocycles. The summed E-state index contributed by atoms with van der Waals surface area (Å²) in [6.45, 7) is 4.86. The van der Waals surface area contributed by atoms with Crippen LogP contribution in [0.4, 0.5) is 5.82 Å². The number of para-hydroxylation sites is 2. The van der Waals surface area contributed by atoms with E-state index < -0.39 is 18.0 Å². The lowest BCUT2D eigenvalue weighted by Gasteiger charge is -2.40. The molecule has 1 aromatic heterocycles. The summed E-state index contributed by atoms with van der Waals surface area (Å²) < 4.78 is 10.6. The van der Waals surface area contributed by atoms with Crippen LogP contribution < -0.4 is 4.90 Å². The average molecular weight is 536 g/mol. The Morgan fingerprint density at radius 1 is 0.875 bits per heavy atom. The normalized spacial score (nSPS) is 15.5. The molecule has 2 atom stereocenters. The van der Waals surface area contributed by atoms with Gasteiger partial charge in [0.15, 0.2) is 11.7 Å². The number of ether oxygens (including phenoxy) is 2. The summed E-state index contributed by atoms with van der Waals surface area (Å²) in [7, 11) is 1.54. The number of carbonyl (C=O) groups excluding carboxylic acids is 1. The number of hydrogen-bond donors (Lipinski definition) is 0. The maximum absolute atomic E-state index is 13.1. The molecule has 0 amide bonds. The molecule has 0 unspecified atom stereocenters. The van der Waals surface area contributed by atoms with Crippen molar-refractivity contribution in [3.63, 3.8) is 0 Å². The Balaban J connectivity index is 1.44. The average Bonchev–Trinajstić information content (AvgIpc) is 2.99. The van der Waals surface area contributed by atoms with Crippen LogP contribution in [-0.4, -0.2) is 66.8 Å². The third kappa shape index (κ3) is 5.96. The van der Waals surface area contributed by atoms with Gasteiger partial charge in [0.25, 0.3) is 0 Å². The molecule has 3 aromatic carbocycles. The van der Waals surface area contributed by atoms with Gasteiger partial charge in [0.1, 0.15) is 11.8 Å². The van der Waals surface area contributed by atoms with E-state index >= 15 is 0 Å². The van der Waals surface area contributed by atoms with Gasteiger partial charge in [-0.1, -0.05) is 72.8 Å². The molecular formula is C32H33N5O3. The predicted octanol–water partition coefficient (Wildman–Crippen LogP) is 4.73. The monoisotopic (exact) mass is 535 g/mol. The van der Waals surface area contributed by atoms with E-state index in [1.807, 2.05) is 36.4 Å². The fraction of sp³-hybridized carbons (Fsp3) is 0.312. The van der Waals surface area contributed by atoms with Gasteiger partial charge in [-0.2, -0.15) is 5.26 Å². The highest BCUT2D eigenvalue weighted by atomic mass is 16.6. The summed E-state index contributed by atoms with van der Waals surface area (Å²) in [6, 6.07) is 30.8. The van der Waals surface area contributed by atoms with Crippen LogP contribution in [-0.2, 0) is 14.3 Å². The molecule has 1 saturated heterocycles. The van der Waals surface area contributed by atoms with Gasteiger partial charge in [0.05, 0.1) is 29.8 Å². The first-order valence-corrected chi connectivity index (χ1v) is 13.5. The van der Waals surface area contributed by atoms with E-state index in [0.717, 1.165) is 13.1 Å². The van der Waals surface area contributed by atoms with Crippen molar-refractivity contribution >= 4 is 22.8 Å². The zero-order valence-corrected chi connectivity index (χ0v) is 22.8. The standard InChI is InChI=1S/C32H33N5O3/c1-23(22-39-2)40-32(38)26(21-33)29-31(35-28-16-10-9-15-27(28)34-29)37-19-17-36(18-20-37)30(24-11-5-3-6-12-24)25-13-7-4-8-14-25/h3-16,23,26,30H,17-20,22H2,1-2H3/t23-,26+/m1/s1. The minimum absolute atomic E-state index is 0.121. The summed E-state index contributed by atoms with van der Waals surface area (Å²) in [6.07, 6.45) is -0.485. The van der Waals surface area contributed by atoms with Crippen LogP contribution in [0.2, 0.25) is 0 Å². The fourth-order valence-electron chi connectivity index (χ4n) is 5.27. The number of nitriles is 1. The molecule has 40 heavy (non-hydrogen) atoms. The van der Waals surface area contributed by atoms with Gasteiger partial charge in [0, 0.05) is 33.3 Å². The van der Waals surface area contributed by atoms with Crippen molar-refractivity contribution in [1.82, 2.24) is 14.9 Å². The number of rotatable bonds is 9. The van der Waals surface area contributed by atoms with Crippen molar-refractivity contribution in [3.05, 3.63) is 102 Å². The number of benzene rings is 3. The molecule has 0 radical (unpaired) electrons. The molecular weight excluding hydrogens is 502 g/mol. The Labute approximate surface area is 234 Å². The van der Waals surface area contributed by atoms with Crippen LogP contribution in [0, 0.1) is 11.3 Å². The number of esters is 1. The van der Waals surface area contributed by atoms with E-state index in [2.05, 4.69) is 64.4 Å². The summed E-state index contributed by atoms with van der Waals surface area (Å²) >= 11 is 0. The highest BCUT2D eigenvalue weighted by molar-refractivity contribution is 5.85. The molecule has 1 aliphatic rings. The van der Waals surface area contributed by atoms with Crippen molar-refractivity contribution in [3.8, 4) is 6.07 Å². The Kier molecular flexibility index (Phi) is 8.65. The van der Waals surface area contributed by atoms with Crippen LogP contribution in [0.1, 0.15) is 35.7 Å². The van der Waals surface area contributed by atoms with Crippen molar-refractivity contribution in [1.29, 1.82) is 5.26 Å². The number of carbonyl (C=O) groups is 1. The van der Waals surface area contributed by atoms with Gasteiger partial charge in [-0.25, -0.2) is 9.97 Å². The number of methoxy groups -OCH3 is 1. The molecule has 0 N–H and O–H groups in total. The predicted molar refractivity (Wildman–Crippen MR) is 154 cm³/mol. The quantitative estimate of drug-likeness (QED) is 0.284. The van der Waals surface area contributed by atoms with E-state index in [9.17, 15) is 10.1 Å². The number of hydrogen-bond acceptors (Lipinski definition) is 8. The largest absolute Gasteiger partial charge is 0.459 e. The minimum atomic E-state index is -1.20. The lowest BCUT2D eigenvalue weighted by Crippen LogP contribution is -2.48. The molecule has 5 rings (SSSR count). The Bertz CT molecular complexity index is 1430. The fourth-order valence-corrected chi connectivity index (χ4v) is 5.27. The molecule has 0 bridgehead atoms. The zero-order valence-electron chi connectivity index (χ0n) is 22.8. The number of aromatic nitrogens is 2. The summed E-state index contributed by atoms with van der Waals surface area (Å²) in [5.74, 6) is -1.30. The van der Waals surface area contributed by atoms with Gasteiger partial charge in [-0.05, 0) is 30.2 Å². The lowest BCUT2D eigenvalue weighted by molar-refractivity contribution is -0.150. The van der Waals surface area contributed by atoms with E-state index in [1.54, 1.807) is 14.0 Å². The maximum Gasteiger partial charge on any atom is 0.330 e. The van der Waals surface area contributed by atoms with Gasteiger partial charge in [0.2, 0.25) is 0 Å². The molecule has 4 aromatic rings. The highest BCUT2D eigenvalue weighted by Gasteiger charge is 2.33. The topological polar surface area (TPSA) is 91.6 Å². The highest BCUT2D eigenvalue weighted by Crippen LogP contribution is 2.33. The molecule has 1 aliphatic heterocycles. The molecule has 2 heterocycles. The van der Waals surface area contributed by atoms with Crippen molar-refractivity contribution in [2.24, 2.45) is 0 Å². The van der Waals surface area contributed by atoms with E-state index in [4.69, 9.17) is 19.4 Å². The Morgan fingerprint density at radius 3 is 1.98 bits per heavy atom. The van der Waals surface area contributed by atoms with Crippen molar-refractivity contribution in [2.75, 3.05) is 44.8 Å². The third-order valence-corrected chi connectivity index (χ3v) is 7.14. The van der Waals surface area contributed by atoms with Crippen LogP contribution in [0.15, 0.2) is 84.9 Å². The maximum atomic E-state index is 13.1. The zero-order chi connectivity index (χ0) is 27.9. The van der Waals surface area contributed by atoms with Crippen molar-refractivity contribution in [2.45, 2.75) is 25.0 Å². The number of anilines is 1. The van der Waals surface area contributed by atoms with Crippen molar-refractivity contribution < 1.29 is 14.3 Å². The van der Waals surface area contributed by atoms with Crippen LogP contribution in [0.25, 0.3) is 11.0 Å². The van der Waals surface area contributed by atoms with E-state index in [-0.39, 0.29) is 12.6 Å². The Hall–Kier alpha value is -4.32. The molecule has 8 heteroatoms. The smallest absolute Gasteiger partial charge is 0.330 e.